The van der Waals surface area contributed by atoms with E-state index in [1.54, 1.807) is 17.2 Å². The molecule has 3 atom stereocenters. The first-order chi connectivity index (χ1) is 12.1. The van der Waals surface area contributed by atoms with E-state index in [1.807, 2.05) is 4.90 Å². The van der Waals surface area contributed by atoms with E-state index in [0.29, 0.717) is 25.8 Å². The van der Waals surface area contributed by atoms with Crippen LogP contribution in [0.5, 0.6) is 0 Å². The molecule has 3 rings (SSSR count). The van der Waals surface area contributed by atoms with Gasteiger partial charge in [0.25, 0.3) is 0 Å². The molecule has 0 unspecified atom stereocenters. The van der Waals surface area contributed by atoms with Crippen LogP contribution in [-0.4, -0.2) is 61.8 Å². The molecule has 1 saturated heterocycles. The van der Waals surface area contributed by atoms with Gasteiger partial charge in [-0.15, -0.1) is 10.2 Å². The van der Waals surface area contributed by atoms with Gasteiger partial charge in [0.1, 0.15) is 12.7 Å². The maximum absolute atomic E-state index is 12.6. The lowest BCUT2D eigenvalue weighted by atomic mass is 9.82. The summed E-state index contributed by atoms with van der Waals surface area (Å²) in [6, 6.07) is -0.265. The zero-order valence-corrected chi connectivity index (χ0v) is 14.5. The molecule has 2 fully saturated rings. The summed E-state index contributed by atoms with van der Waals surface area (Å²) in [6.07, 6.45) is 7.94. The lowest BCUT2D eigenvalue weighted by molar-refractivity contribution is -0.139. The summed E-state index contributed by atoms with van der Waals surface area (Å²) in [6.45, 7) is 2.20. The van der Waals surface area contributed by atoms with Crippen LogP contribution in [0.4, 0.5) is 0 Å². The summed E-state index contributed by atoms with van der Waals surface area (Å²) in [5, 5.41) is 20.7. The topological polar surface area (TPSA) is 100 Å². The monoisotopic (exact) mass is 349 g/mol. The van der Waals surface area contributed by atoms with Gasteiger partial charge in [0.15, 0.2) is 0 Å². The number of hydrogen-bond donors (Lipinski definition) is 2. The number of aliphatic hydroxyl groups is 1. The molecule has 1 aromatic heterocycles. The van der Waals surface area contributed by atoms with Crippen molar-refractivity contribution in [3.05, 3.63) is 12.7 Å². The van der Waals surface area contributed by atoms with Gasteiger partial charge in [0, 0.05) is 32.0 Å². The van der Waals surface area contributed by atoms with Crippen LogP contribution in [0.1, 0.15) is 44.9 Å². The van der Waals surface area contributed by atoms with Gasteiger partial charge >= 0.3 is 0 Å². The van der Waals surface area contributed by atoms with Gasteiger partial charge in [-0.2, -0.15) is 0 Å². The number of rotatable bonds is 5. The third-order valence-electron chi connectivity index (χ3n) is 5.24. The SMILES string of the molecule is O=C(CCn1cnnc1)N[C@@H]1CC[C@H](C(=O)N2CCCCC2)C[C@H]1O. The molecule has 0 radical (unpaired) electrons. The van der Waals surface area contributed by atoms with E-state index < -0.39 is 6.10 Å². The van der Waals surface area contributed by atoms with Crippen molar-refractivity contribution < 1.29 is 14.7 Å². The molecule has 1 aliphatic heterocycles. The van der Waals surface area contributed by atoms with Crippen molar-refractivity contribution in [3.63, 3.8) is 0 Å². The first-order valence-corrected chi connectivity index (χ1v) is 9.22. The van der Waals surface area contributed by atoms with Crippen molar-refractivity contribution >= 4 is 11.8 Å². The van der Waals surface area contributed by atoms with Crippen LogP contribution in [-0.2, 0) is 16.1 Å². The van der Waals surface area contributed by atoms with E-state index in [2.05, 4.69) is 15.5 Å². The molecule has 25 heavy (non-hydrogen) atoms. The Balaban J connectivity index is 1.43. The van der Waals surface area contributed by atoms with Crippen LogP contribution in [0.15, 0.2) is 12.7 Å². The Morgan fingerprint density at radius 2 is 1.84 bits per heavy atom. The second-order valence-electron chi connectivity index (χ2n) is 7.09. The van der Waals surface area contributed by atoms with Crippen LogP contribution in [0.3, 0.4) is 0 Å². The molecule has 0 spiro atoms. The quantitative estimate of drug-likeness (QED) is 0.798. The number of hydrogen-bond acceptors (Lipinski definition) is 5. The number of nitrogens with one attached hydrogen (secondary N) is 1. The Morgan fingerprint density at radius 1 is 1.12 bits per heavy atom. The minimum atomic E-state index is -0.661. The van der Waals surface area contributed by atoms with Crippen LogP contribution in [0.2, 0.25) is 0 Å². The number of amides is 2. The fourth-order valence-electron chi connectivity index (χ4n) is 3.76. The largest absolute Gasteiger partial charge is 0.391 e. The summed E-state index contributed by atoms with van der Waals surface area (Å²) in [5.41, 5.74) is 0. The Hall–Kier alpha value is -1.96. The van der Waals surface area contributed by atoms with Crippen LogP contribution < -0.4 is 5.32 Å². The molecule has 1 aliphatic carbocycles. The Labute approximate surface area is 147 Å². The van der Waals surface area contributed by atoms with Gasteiger partial charge in [0.05, 0.1) is 12.1 Å². The maximum atomic E-state index is 12.6. The third-order valence-corrected chi connectivity index (χ3v) is 5.24. The maximum Gasteiger partial charge on any atom is 0.225 e. The second kappa shape index (κ2) is 8.42. The van der Waals surface area contributed by atoms with E-state index in [9.17, 15) is 14.7 Å². The summed E-state index contributed by atoms with van der Waals surface area (Å²) in [5.74, 6) is -0.0343. The minimum absolute atomic E-state index is 0.0986. The molecule has 2 N–H and O–H groups in total. The highest BCUT2D eigenvalue weighted by molar-refractivity contribution is 5.79. The van der Waals surface area contributed by atoms with Crippen molar-refractivity contribution in [2.75, 3.05) is 13.1 Å². The normalized spacial score (nSPS) is 27.1. The van der Waals surface area contributed by atoms with Crippen molar-refractivity contribution in [3.8, 4) is 0 Å². The highest BCUT2D eigenvalue weighted by atomic mass is 16.3. The standard InChI is InChI=1S/C17H27N5O3/c23-15-10-13(17(25)22-7-2-1-3-8-22)4-5-14(15)20-16(24)6-9-21-11-18-19-12-21/h11-15,23H,1-10H2,(H,20,24)/t13-,14+,15+/m0/s1. The number of carbonyl (C=O) groups is 2. The molecule has 8 nitrogen and oxygen atoms in total. The van der Waals surface area contributed by atoms with E-state index in [0.717, 1.165) is 32.4 Å². The van der Waals surface area contributed by atoms with Crippen LogP contribution in [0.25, 0.3) is 0 Å². The van der Waals surface area contributed by atoms with Gasteiger partial charge < -0.3 is 19.9 Å². The molecule has 8 heteroatoms. The molecule has 2 heterocycles. The molecule has 1 saturated carbocycles. The van der Waals surface area contributed by atoms with Crippen molar-refractivity contribution in [1.29, 1.82) is 0 Å². The van der Waals surface area contributed by atoms with Gasteiger partial charge in [-0.25, -0.2) is 0 Å². The van der Waals surface area contributed by atoms with Crippen molar-refractivity contribution in [1.82, 2.24) is 25.0 Å². The molecular formula is C17H27N5O3. The minimum Gasteiger partial charge on any atom is -0.391 e. The van der Waals surface area contributed by atoms with E-state index >= 15 is 0 Å². The van der Waals surface area contributed by atoms with Crippen LogP contribution in [0, 0.1) is 5.92 Å². The Kier molecular flexibility index (Phi) is 6.01. The Morgan fingerprint density at radius 3 is 2.52 bits per heavy atom. The lowest BCUT2D eigenvalue weighted by Crippen LogP contribution is -2.50. The predicted molar refractivity (Wildman–Crippen MR) is 90.3 cm³/mol. The number of carbonyl (C=O) groups excluding carboxylic acids is 2. The smallest absolute Gasteiger partial charge is 0.225 e. The van der Waals surface area contributed by atoms with Crippen molar-refractivity contribution in [2.24, 2.45) is 5.92 Å². The summed E-state index contributed by atoms with van der Waals surface area (Å²) >= 11 is 0. The second-order valence-corrected chi connectivity index (χ2v) is 7.09. The zero-order chi connectivity index (χ0) is 17.6. The Bertz CT molecular complexity index is 571. The predicted octanol–water partition coefficient (Wildman–Crippen LogP) is 0.327. The van der Waals surface area contributed by atoms with Gasteiger partial charge in [0.2, 0.25) is 11.8 Å². The van der Waals surface area contributed by atoms with E-state index in [1.165, 1.54) is 6.42 Å². The van der Waals surface area contributed by atoms with Crippen molar-refractivity contribution in [2.45, 2.75) is 63.6 Å². The molecule has 138 valence electrons. The summed E-state index contributed by atoms with van der Waals surface area (Å²) < 4.78 is 1.74. The molecule has 0 bridgehead atoms. The highest BCUT2D eigenvalue weighted by Gasteiger charge is 2.35. The highest BCUT2D eigenvalue weighted by Crippen LogP contribution is 2.27. The zero-order valence-electron chi connectivity index (χ0n) is 14.5. The molecule has 0 aromatic carbocycles. The first kappa shape index (κ1) is 17.8. The van der Waals surface area contributed by atoms with Gasteiger partial charge in [-0.3, -0.25) is 9.59 Å². The molecule has 2 aliphatic rings. The first-order valence-electron chi connectivity index (χ1n) is 9.22. The number of aryl methyl sites for hydroxylation is 1. The molecular weight excluding hydrogens is 322 g/mol. The number of aromatic nitrogens is 3. The van der Waals surface area contributed by atoms with E-state index in [4.69, 9.17) is 0 Å². The fourth-order valence-corrected chi connectivity index (χ4v) is 3.76. The number of aliphatic hydroxyl groups excluding tert-OH is 1. The summed E-state index contributed by atoms with van der Waals surface area (Å²) in [7, 11) is 0. The van der Waals surface area contributed by atoms with Gasteiger partial charge in [-0.05, 0) is 38.5 Å². The number of piperidine rings is 1. The average Bonchev–Trinajstić information content (AvgIpc) is 3.15. The third kappa shape index (κ3) is 4.78. The lowest BCUT2D eigenvalue weighted by Gasteiger charge is -2.36. The summed E-state index contributed by atoms with van der Waals surface area (Å²) in [4.78, 5) is 26.6. The number of nitrogens with zero attached hydrogens (tertiary/aromatic N) is 4. The average molecular weight is 349 g/mol. The number of likely N-dealkylation sites (tertiary alicyclic amines) is 1. The van der Waals surface area contributed by atoms with Gasteiger partial charge in [-0.1, -0.05) is 0 Å². The van der Waals surface area contributed by atoms with E-state index in [-0.39, 0.29) is 23.8 Å². The van der Waals surface area contributed by atoms with Crippen LogP contribution >= 0.6 is 0 Å². The molecule has 1 aromatic rings. The fraction of sp³-hybridized carbons (Fsp3) is 0.765. The molecule has 2 amide bonds.